The average molecular weight is 285 g/mol. The highest BCUT2D eigenvalue weighted by Crippen LogP contribution is 2.15. The van der Waals surface area contributed by atoms with Crippen LogP contribution in [0.4, 0.5) is 0 Å². The van der Waals surface area contributed by atoms with Crippen molar-refractivity contribution in [1.29, 1.82) is 0 Å². The SMILES string of the molecule is Cc1cccc(C(O)CNC(=O)[C@@H](O)c2ccccc2)c1. The number of rotatable bonds is 5. The van der Waals surface area contributed by atoms with Gasteiger partial charge in [0, 0.05) is 6.54 Å². The first-order valence-electron chi connectivity index (χ1n) is 6.83. The summed E-state index contributed by atoms with van der Waals surface area (Å²) in [5, 5.41) is 22.5. The molecule has 2 aromatic carbocycles. The van der Waals surface area contributed by atoms with Crippen LogP contribution in [-0.2, 0) is 4.79 Å². The molecule has 0 heterocycles. The van der Waals surface area contributed by atoms with Crippen molar-refractivity contribution in [3.05, 3.63) is 71.3 Å². The van der Waals surface area contributed by atoms with Crippen molar-refractivity contribution < 1.29 is 15.0 Å². The Balaban J connectivity index is 1.92. The molecule has 0 fully saturated rings. The summed E-state index contributed by atoms with van der Waals surface area (Å²) in [4.78, 5) is 11.9. The number of nitrogens with one attached hydrogen (secondary N) is 1. The van der Waals surface area contributed by atoms with Crippen LogP contribution in [0.5, 0.6) is 0 Å². The van der Waals surface area contributed by atoms with E-state index in [-0.39, 0.29) is 6.54 Å². The van der Waals surface area contributed by atoms with Crippen LogP contribution in [0.15, 0.2) is 54.6 Å². The molecule has 0 aliphatic rings. The zero-order chi connectivity index (χ0) is 15.2. The molecule has 0 saturated heterocycles. The lowest BCUT2D eigenvalue weighted by Crippen LogP contribution is -2.32. The maximum absolute atomic E-state index is 11.9. The fraction of sp³-hybridized carbons (Fsp3) is 0.235. The first kappa shape index (κ1) is 15.2. The molecule has 4 heteroatoms. The fourth-order valence-corrected chi connectivity index (χ4v) is 2.08. The number of aryl methyl sites for hydroxylation is 1. The molecule has 21 heavy (non-hydrogen) atoms. The third-order valence-electron chi connectivity index (χ3n) is 3.26. The lowest BCUT2D eigenvalue weighted by molar-refractivity contribution is -0.130. The van der Waals surface area contributed by atoms with Crippen LogP contribution in [0.2, 0.25) is 0 Å². The number of benzene rings is 2. The molecule has 1 unspecified atom stereocenters. The van der Waals surface area contributed by atoms with Crippen molar-refractivity contribution in [3.63, 3.8) is 0 Å². The summed E-state index contributed by atoms with van der Waals surface area (Å²) in [6.07, 6.45) is -2.02. The Bertz CT molecular complexity index is 598. The van der Waals surface area contributed by atoms with Crippen molar-refractivity contribution in [1.82, 2.24) is 5.32 Å². The van der Waals surface area contributed by atoms with E-state index in [1.165, 1.54) is 0 Å². The summed E-state index contributed by atoms with van der Waals surface area (Å²) < 4.78 is 0. The molecule has 0 aliphatic heterocycles. The molecule has 0 bridgehead atoms. The van der Waals surface area contributed by atoms with E-state index < -0.39 is 18.1 Å². The lowest BCUT2D eigenvalue weighted by atomic mass is 10.1. The number of aliphatic hydroxyl groups is 2. The van der Waals surface area contributed by atoms with Gasteiger partial charge >= 0.3 is 0 Å². The van der Waals surface area contributed by atoms with Crippen LogP contribution in [0.1, 0.15) is 28.9 Å². The highest BCUT2D eigenvalue weighted by Gasteiger charge is 2.18. The van der Waals surface area contributed by atoms with Crippen LogP contribution < -0.4 is 5.32 Å². The molecule has 3 N–H and O–H groups in total. The topological polar surface area (TPSA) is 69.6 Å². The molecule has 0 aromatic heterocycles. The van der Waals surface area contributed by atoms with E-state index in [4.69, 9.17) is 0 Å². The van der Waals surface area contributed by atoms with E-state index in [0.29, 0.717) is 5.56 Å². The predicted octanol–water partition coefficient (Wildman–Crippen LogP) is 1.88. The second-order valence-corrected chi connectivity index (χ2v) is 4.99. The van der Waals surface area contributed by atoms with E-state index in [1.807, 2.05) is 31.2 Å². The van der Waals surface area contributed by atoms with Gasteiger partial charge in [-0.2, -0.15) is 0 Å². The second-order valence-electron chi connectivity index (χ2n) is 4.99. The molecule has 2 rings (SSSR count). The van der Waals surface area contributed by atoms with Gasteiger partial charge in [0.25, 0.3) is 5.91 Å². The molecule has 1 amide bonds. The molecule has 110 valence electrons. The van der Waals surface area contributed by atoms with Gasteiger partial charge in [-0.15, -0.1) is 0 Å². The summed E-state index contributed by atoms with van der Waals surface area (Å²) in [7, 11) is 0. The minimum atomic E-state index is -1.23. The van der Waals surface area contributed by atoms with Gasteiger partial charge in [-0.1, -0.05) is 60.2 Å². The Morgan fingerprint density at radius 3 is 2.38 bits per heavy atom. The van der Waals surface area contributed by atoms with Crippen molar-refractivity contribution in [2.75, 3.05) is 6.54 Å². The Morgan fingerprint density at radius 2 is 1.71 bits per heavy atom. The number of amides is 1. The zero-order valence-electron chi connectivity index (χ0n) is 11.9. The molecule has 0 aliphatic carbocycles. The Morgan fingerprint density at radius 1 is 1.05 bits per heavy atom. The Kier molecular flexibility index (Phi) is 5.09. The molecule has 2 aromatic rings. The first-order valence-corrected chi connectivity index (χ1v) is 6.83. The molecular formula is C17H19NO3. The van der Waals surface area contributed by atoms with Gasteiger partial charge in [0.2, 0.25) is 0 Å². The van der Waals surface area contributed by atoms with E-state index in [2.05, 4.69) is 5.32 Å². The van der Waals surface area contributed by atoms with Crippen LogP contribution in [-0.4, -0.2) is 22.7 Å². The quantitative estimate of drug-likeness (QED) is 0.785. The number of carbonyl (C=O) groups excluding carboxylic acids is 1. The molecule has 0 saturated carbocycles. The van der Waals surface area contributed by atoms with E-state index >= 15 is 0 Å². The smallest absolute Gasteiger partial charge is 0.253 e. The molecule has 0 radical (unpaired) electrons. The predicted molar refractivity (Wildman–Crippen MR) is 80.6 cm³/mol. The standard InChI is InChI=1S/C17H19NO3/c1-12-6-5-9-14(10-12)15(19)11-18-17(21)16(20)13-7-3-2-4-8-13/h2-10,15-16,19-20H,11H2,1H3,(H,18,21)/t15?,16-/m0/s1. The molecule has 2 atom stereocenters. The summed E-state index contributed by atoms with van der Waals surface area (Å²) in [5.41, 5.74) is 2.31. The summed E-state index contributed by atoms with van der Waals surface area (Å²) >= 11 is 0. The maximum Gasteiger partial charge on any atom is 0.253 e. The second kappa shape index (κ2) is 7.02. The number of aliphatic hydroxyl groups excluding tert-OH is 2. The largest absolute Gasteiger partial charge is 0.387 e. The normalized spacial score (nSPS) is 13.5. The van der Waals surface area contributed by atoms with Gasteiger partial charge < -0.3 is 15.5 Å². The van der Waals surface area contributed by atoms with Crippen molar-refractivity contribution >= 4 is 5.91 Å². The fourth-order valence-electron chi connectivity index (χ4n) is 2.08. The Hall–Kier alpha value is -2.17. The zero-order valence-corrected chi connectivity index (χ0v) is 11.9. The highest BCUT2D eigenvalue weighted by atomic mass is 16.3. The summed E-state index contributed by atoms with van der Waals surface area (Å²) in [6, 6.07) is 16.2. The van der Waals surface area contributed by atoms with Gasteiger partial charge in [0.05, 0.1) is 6.10 Å². The van der Waals surface area contributed by atoms with Crippen LogP contribution >= 0.6 is 0 Å². The molecule has 0 spiro atoms. The highest BCUT2D eigenvalue weighted by molar-refractivity contribution is 5.81. The summed E-state index contributed by atoms with van der Waals surface area (Å²) in [6.45, 7) is 2.00. The van der Waals surface area contributed by atoms with Crippen molar-refractivity contribution in [2.24, 2.45) is 0 Å². The number of carbonyl (C=O) groups is 1. The number of hydrogen-bond donors (Lipinski definition) is 3. The number of hydrogen-bond acceptors (Lipinski definition) is 3. The lowest BCUT2D eigenvalue weighted by Gasteiger charge is -2.15. The summed E-state index contributed by atoms with van der Waals surface area (Å²) in [5.74, 6) is -0.520. The minimum absolute atomic E-state index is 0.0617. The van der Waals surface area contributed by atoms with E-state index in [0.717, 1.165) is 11.1 Å². The minimum Gasteiger partial charge on any atom is -0.387 e. The monoisotopic (exact) mass is 285 g/mol. The van der Waals surface area contributed by atoms with Crippen LogP contribution in [0.3, 0.4) is 0 Å². The van der Waals surface area contributed by atoms with Crippen LogP contribution in [0.25, 0.3) is 0 Å². The molecule has 4 nitrogen and oxygen atoms in total. The Labute approximate surface area is 124 Å². The van der Waals surface area contributed by atoms with E-state index in [1.54, 1.807) is 30.3 Å². The van der Waals surface area contributed by atoms with Gasteiger partial charge in [0.1, 0.15) is 0 Å². The van der Waals surface area contributed by atoms with Gasteiger partial charge in [-0.05, 0) is 18.1 Å². The third-order valence-corrected chi connectivity index (χ3v) is 3.26. The van der Waals surface area contributed by atoms with E-state index in [9.17, 15) is 15.0 Å². The van der Waals surface area contributed by atoms with Crippen molar-refractivity contribution in [2.45, 2.75) is 19.1 Å². The first-order chi connectivity index (χ1) is 10.1. The average Bonchev–Trinajstić information content (AvgIpc) is 2.52. The van der Waals surface area contributed by atoms with Crippen molar-refractivity contribution in [3.8, 4) is 0 Å². The molecular weight excluding hydrogens is 266 g/mol. The van der Waals surface area contributed by atoms with Gasteiger partial charge in [-0.3, -0.25) is 4.79 Å². The third kappa shape index (κ3) is 4.15. The van der Waals surface area contributed by atoms with Gasteiger partial charge in [-0.25, -0.2) is 0 Å². The van der Waals surface area contributed by atoms with Gasteiger partial charge in [0.15, 0.2) is 6.10 Å². The maximum atomic E-state index is 11.9. The van der Waals surface area contributed by atoms with Crippen LogP contribution in [0, 0.1) is 6.92 Å².